The Kier molecular flexibility index (Phi) is 3.86. The van der Waals surface area contributed by atoms with Gasteiger partial charge in [-0.15, -0.1) is 11.3 Å². The highest BCUT2D eigenvalue weighted by atomic mass is 32.1. The second kappa shape index (κ2) is 6.18. The molecule has 124 valence electrons. The molecule has 4 nitrogen and oxygen atoms in total. The third-order valence-corrected chi connectivity index (χ3v) is 5.05. The highest BCUT2D eigenvalue weighted by molar-refractivity contribution is 7.21. The fourth-order valence-corrected chi connectivity index (χ4v) is 3.83. The van der Waals surface area contributed by atoms with Crippen LogP contribution in [-0.4, -0.2) is 15.1 Å². The summed E-state index contributed by atoms with van der Waals surface area (Å²) in [5.41, 5.74) is 2.80. The Morgan fingerprint density at radius 1 is 0.960 bits per heavy atom. The van der Waals surface area contributed by atoms with Crippen LogP contribution in [0.25, 0.3) is 20.7 Å². The van der Waals surface area contributed by atoms with Gasteiger partial charge in [0.2, 0.25) is 0 Å². The smallest absolute Gasteiger partial charge is 0.143 e. The number of aromatic nitrogens is 2. The average Bonchev–Trinajstić information content (AvgIpc) is 3.02. The van der Waals surface area contributed by atoms with Crippen molar-refractivity contribution in [3.63, 3.8) is 0 Å². The molecule has 0 aliphatic heterocycles. The average molecular weight is 347 g/mol. The molecule has 0 atom stereocenters. The summed E-state index contributed by atoms with van der Waals surface area (Å²) in [4.78, 5) is 11.2. The number of aryl methyl sites for hydroxylation is 2. The fourth-order valence-electron chi connectivity index (χ4n) is 2.74. The van der Waals surface area contributed by atoms with Crippen LogP contribution in [0.1, 0.15) is 11.4 Å². The van der Waals surface area contributed by atoms with E-state index in [0.29, 0.717) is 17.3 Å². The van der Waals surface area contributed by atoms with E-state index in [1.807, 2.05) is 44.2 Å². The van der Waals surface area contributed by atoms with Crippen molar-refractivity contribution in [2.75, 3.05) is 5.32 Å². The summed E-state index contributed by atoms with van der Waals surface area (Å²) in [6.45, 7) is 3.82. The largest absolute Gasteiger partial charge is 0.506 e. The minimum atomic E-state index is 0.211. The number of aromatic hydroxyl groups is 1. The lowest BCUT2D eigenvalue weighted by atomic mass is 10.2. The van der Waals surface area contributed by atoms with Crippen molar-refractivity contribution >= 4 is 33.1 Å². The van der Waals surface area contributed by atoms with Crippen LogP contribution >= 0.6 is 11.3 Å². The molecule has 5 heteroatoms. The number of nitrogens with one attached hydrogen (secondary N) is 1. The molecule has 0 spiro atoms. The van der Waals surface area contributed by atoms with E-state index in [2.05, 4.69) is 33.5 Å². The minimum absolute atomic E-state index is 0.211. The lowest BCUT2D eigenvalue weighted by Gasteiger charge is -2.09. The molecule has 4 aromatic rings. The summed E-state index contributed by atoms with van der Waals surface area (Å²) >= 11 is 1.64. The number of benzene rings is 2. The number of hydrogen-bond acceptors (Lipinski definition) is 5. The van der Waals surface area contributed by atoms with Gasteiger partial charge in [-0.25, -0.2) is 9.97 Å². The standard InChI is InChI=1S/C20H17N3OS/c1-12-8-9-16(17(24)10-12)23-19-15-11-18(14-6-4-3-5-7-14)25-20(15)22-13(2)21-19/h3-11,24H,1-2H3,(H,21,22,23). The third kappa shape index (κ3) is 3.06. The van der Waals surface area contributed by atoms with Gasteiger partial charge in [0, 0.05) is 4.88 Å². The van der Waals surface area contributed by atoms with Gasteiger partial charge in [-0.05, 0) is 43.2 Å². The highest BCUT2D eigenvalue weighted by Crippen LogP contribution is 2.37. The predicted octanol–water partition coefficient (Wildman–Crippen LogP) is 5.42. The highest BCUT2D eigenvalue weighted by Gasteiger charge is 2.13. The van der Waals surface area contributed by atoms with Gasteiger partial charge in [0.25, 0.3) is 0 Å². The number of hydrogen-bond donors (Lipinski definition) is 2. The first-order valence-corrected chi connectivity index (χ1v) is 8.82. The second-order valence-electron chi connectivity index (χ2n) is 5.96. The Labute approximate surface area is 149 Å². The molecule has 25 heavy (non-hydrogen) atoms. The zero-order chi connectivity index (χ0) is 17.4. The van der Waals surface area contributed by atoms with Crippen molar-refractivity contribution in [3.8, 4) is 16.2 Å². The normalized spacial score (nSPS) is 11.0. The Morgan fingerprint density at radius 3 is 2.52 bits per heavy atom. The molecule has 0 amide bonds. The topological polar surface area (TPSA) is 58.0 Å². The summed E-state index contributed by atoms with van der Waals surface area (Å²) in [6.07, 6.45) is 0. The van der Waals surface area contributed by atoms with Crippen LogP contribution in [0.5, 0.6) is 5.75 Å². The zero-order valence-electron chi connectivity index (χ0n) is 13.9. The molecular weight excluding hydrogens is 330 g/mol. The minimum Gasteiger partial charge on any atom is -0.506 e. The van der Waals surface area contributed by atoms with Crippen LogP contribution in [0, 0.1) is 13.8 Å². The van der Waals surface area contributed by atoms with Gasteiger partial charge in [-0.3, -0.25) is 0 Å². The van der Waals surface area contributed by atoms with Crippen molar-refractivity contribution < 1.29 is 5.11 Å². The molecule has 0 radical (unpaired) electrons. The maximum atomic E-state index is 10.2. The van der Waals surface area contributed by atoms with Gasteiger partial charge < -0.3 is 10.4 Å². The van der Waals surface area contributed by atoms with Gasteiger partial charge in [-0.2, -0.15) is 0 Å². The monoisotopic (exact) mass is 347 g/mol. The van der Waals surface area contributed by atoms with Crippen molar-refractivity contribution in [2.24, 2.45) is 0 Å². The summed E-state index contributed by atoms with van der Waals surface area (Å²) in [6, 6.07) is 17.9. The number of anilines is 2. The predicted molar refractivity (Wildman–Crippen MR) is 104 cm³/mol. The lowest BCUT2D eigenvalue weighted by Crippen LogP contribution is -1.98. The van der Waals surface area contributed by atoms with E-state index in [9.17, 15) is 5.11 Å². The van der Waals surface area contributed by atoms with Gasteiger partial charge in [-0.1, -0.05) is 36.4 Å². The SMILES string of the molecule is Cc1ccc(Nc2nc(C)nc3sc(-c4ccccc4)cc23)c(O)c1. The van der Waals surface area contributed by atoms with Gasteiger partial charge in [0.05, 0.1) is 11.1 Å². The summed E-state index contributed by atoms with van der Waals surface area (Å²) < 4.78 is 0. The molecule has 2 aromatic heterocycles. The molecule has 2 N–H and O–H groups in total. The molecule has 0 unspecified atom stereocenters. The summed E-state index contributed by atoms with van der Waals surface area (Å²) in [5, 5.41) is 14.4. The quantitative estimate of drug-likeness (QED) is 0.486. The van der Waals surface area contributed by atoms with E-state index in [1.165, 1.54) is 0 Å². The maximum absolute atomic E-state index is 10.2. The Morgan fingerprint density at radius 2 is 1.76 bits per heavy atom. The van der Waals surface area contributed by atoms with E-state index in [1.54, 1.807) is 17.4 Å². The van der Waals surface area contributed by atoms with Crippen molar-refractivity contribution in [3.05, 3.63) is 66.0 Å². The molecule has 0 aliphatic carbocycles. The van der Waals surface area contributed by atoms with Crippen molar-refractivity contribution in [1.82, 2.24) is 9.97 Å². The van der Waals surface area contributed by atoms with Crippen LogP contribution < -0.4 is 5.32 Å². The Bertz CT molecular complexity index is 1060. The van der Waals surface area contributed by atoms with E-state index in [-0.39, 0.29) is 5.75 Å². The first-order valence-electron chi connectivity index (χ1n) is 8.00. The number of phenolic OH excluding ortho intramolecular Hbond substituents is 1. The Hall–Kier alpha value is -2.92. The first-order chi connectivity index (χ1) is 12.1. The van der Waals surface area contributed by atoms with Crippen molar-refractivity contribution in [2.45, 2.75) is 13.8 Å². The fraction of sp³-hybridized carbons (Fsp3) is 0.100. The van der Waals surface area contributed by atoms with Crippen molar-refractivity contribution in [1.29, 1.82) is 0 Å². The first kappa shape index (κ1) is 15.6. The maximum Gasteiger partial charge on any atom is 0.143 e. The summed E-state index contributed by atoms with van der Waals surface area (Å²) in [5.74, 6) is 1.62. The van der Waals surface area contributed by atoms with Crippen LogP contribution in [-0.2, 0) is 0 Å². The number of thiophene rings is 1. The second-order valence-corrected chi connectivity index (χ2v) is 6.99. The van der Waals surface area contributed by atoms with Gasteiger partial charge in [0.15, 0.2) is 0 Å². The van der Waals surface area contributed by atoms with Gasteiger partial charge >= 0.3 is 0 Å². The molecule has 4 rings (SSSR count). The Balaban J connectivity index is 1.82. The molecule has 0 aliphatic rings. The van der Waals surface area contributed by atoms with E-state index >= 15 is 0 Å². The number of phenols is 1. The lowest BCUT2D eigenvalue weighted by molar-refractivity contribution is 0.477. The molecule has 2 aromatic carbocycles. The molecule has 0 saturated carbocycles. The van der Waals surface area contributed by atoms with Crippen LogP contribution in [0.3, 0.4) is 0 Å². The molecule has 0 saturated heterocycles. The van der Waals surface area contributed by atoms with E-state index in [4.69, 9.17) is 0 Å². The molecule has 2 heterocycles. The van der Waals surface area contributed by atoms with Gasteiger partial charge in [0.1, 0.15) is 22.2 Å². The van der Waals surface area contributed by atoms with E-state index in [0.717, 1.165) is 26.2 Å². The molecular formula is C20H17N3OS. The summed E-state index contributed by atoms with van der Waals surface area (Å²) in [7, 11) is 0. The van der Waals surface area contributed by atoms with E-state index < -0.39 is 0 Å². The van der Waals surface area contributed by atoms with Crippen LogP contribution in [0.15, 0.2) is 54.6 Å². The molecule has 0 bridgehead atoms. The van der Waals surface area contributed by atoms with Crippen LogP contribution in [0.2, 0.25) is 0 Å². The third-order valence-electron chi connectivity index (χ3n) is 3.97. The van der Waals surface area contributed by atoms with Crippen LogP contribution in [0.4, 0.5) is 11.5 Å². The number of nitrogens with zero attached hydrogens (tertiary/aromatic N) is 2. The molecule has 0 fully saturated rings. The number of rotatable bonds is 3. The zero-order valence-corrected chi connectivity index (χ0v) is 14.8. The number of fused-ring (bicyclic) bond motifs is 1.